The topological polar surface area (TPSA) is 47.4 Å². The number of likely N-dealkylation sites (tertiary alicyclic amines) is 1. The molecule has 4 rings (SSSR count). The number of hydrogen-bond acceptors (Lipinski definition) is 3. The van der Waals surface area contributed by atoms with E-state index < -0.39 is 0 Å². The Hall–Kier alpha value is -2.14. The molecule has 1 aliphatic carbocycles. The molecule has 25 heavy (non-hydrogen) atoms. The van der Waals surface area contributed by atoms with Crippen LogP contribution in [0.1, 0.15) is 39.4 Å². The van der Waals surface area contributed by atoms with E-state index in [1.807, 2.05) is 35.0 Å². The second-order valence-corrected chi connectivity index (χ2v) is 7.28. The zero-order valence-corrected chi connectivity index (χ0v) is 14.9. The van der Waals surface area contributed by atoms with Crippen LogP contribution in [0.5, 0.6) is 0 Å². The third-order valence-corrected chi connectivity index (χ3v) is 5.64. The highest BCUT2D eigenvalue weighted by molar-refractivity contribution is 5.96. The Morgan fingerprint density at radius 1 is 1.32 bits per heavy atom. The average molecular weight is 339 g/mol. The lowest BCUT2D eigenvalue weighted by atomic mass is 9.92. The fourth-order valence-electron chi connectivity index (χ4n) is 4.42. The molecule has 0 saturated carbocycles. The molecule has 2 aromatic rings. The van der Waals surface area contributed by atoms with E-state index in [1.54, 1.807) is 7.11 Å². The van der Waals surface area contributed by atoms with Gasteiger partial charge in [0.25, 0.3) is 5.91 Å². The fourth-order valence-corrected chi connectivity index (χ4v) is 4.42. The summed E-state index contributed by atoms with van der Waals surface area (Å²) in [4.78, 5) is 15.2. The Balaban J connectivity index is 1.59. The molecule has 2 aliphatic rings. The van der Waals surface area contributed by atoms with E-state index in [0.717, 1.165) is 37.9 Å². The summed E-state index contributed by atoms with van der Waals surface area (Å²) in [6, 6.07) is 6.18. The lowest BCUT2D eigenvalue weighted by molar-refractivity contribution is 0.0774. The standard InChI is InChI=1S/C20H25N3O2/c1-22-10-15(9-21-22)19-12-23(11-16(19)13-25-2)20(24)18-8-4-6-14-5-3-7-17(14)18/h4,6,8-10,16,19H,3,5,7,11-13H2,1-2H3/t16-,19-/m0/s1. The van der Waals surface area contributed by atoms with E-state index in [0.29, 0.717) is 12.5 Å². The molecule has 1 aromatic heterocycles. The van der Waals surface area contributed by atoms with E-state index >= 15 is 0 Å². The maximum atomic E-state index is 13.2. The molecule has 0 N–H and O–H groups in total. The van der Waals surface area contributed by atoms with Gasteiger partial charge in [-0.3, -0.25) is 9.48 Å². The monoisotopic (exact) mass is 339 g/mol. The van der Waals surface area contributed by atoms with Gasteiger partial charge in [-0.1, -0.05) is 12.1 Å². The number of hydrogen-bond donors (Lipinski definition) is 0. The molecule has 5 nitrogen and oxygen atoms in total. The molecule has 1 fully saturated rings. The van der Waals surface area contributed by atoms with Crippen molar-refractivity contribution in [2.75, 3.05) is 26.8 Å². The normalized spacial score (nSPS) is 22.4. The van der Waals surface area contributed by atoms with E-state index in [4.69, 9.17) is 4.74 Å². The molecule has 0 radical (unpaired) electrons. The van der Waals surface area contributed by atoms with Gasteiger partial charge in [0.15, 0.2) is 0 Å². The maximum Gasteiger partial charge on any atom is 0.254 e. The van der Waals surface area contributed by atoms with Crippen LogP contribution >= 0.6 is 0 Å². The van der Waals surface area contributed by atoms with Gasteiger partial charge < -0.3 is 9.64 Å². The lowest BCUT2D eigenvalue weighted by Gasteiger charge is -2.18. The van der Waals surface area contributed by atoms with Gasteiger partial charge in [-0.15, -0.1) is 0 Å². The third kappa shape index (κ3) is 2.97. The van der Waals surface area contributed by atoms with Crippen molar-refractivity contribution in [2.45, 2.75) is 25.2 Å². The van der Waals surface area contributed by atoms with Crippen LogP contribution in [0.2, 0.25) is 0 Å². The maximum absolute atomic E-state index is 13.2. The first-order valence-electron chi connectivity index (χ1n) is 9.05. The van der Waals surface area contributed by atoms with E-state index in [2.05, 4.69) is 17.4 Å². The Morgan fingerprint density at radius 3 is 2.96 bits per heavy atom. The number of amides is 1. The summed E-state index contributed by atoms with van der Waals surface area (Å²) in [6.45, 7) is 2.15. The fraction of sp³-hybridized carbons (Fsp3) is 0.500. The van der Waals surface area contributed by atoms with E-state index in [9.17, 15) is 4.79 Å². The van der Waals surface area contributed by atoms with Crippen molar-refractivity contribution in [2.24, 2.45) is 13.0 Å². The zero-order valence-electron chi connectivity index (χ0n) is 14.9. The van der Waals surface area contributed by atoms with Crippen LogP contribution in [0.4, 0.5) is 0 Å². The lowest BCUT2D eigenvalue weighted by Crippen LogP contribution is -2.30. The van der Waals surface area contributed by atoms with Gasteiger partial charge in [0, 0.05) is 50.8 Å². The summed E-state index contributed by atoms with van der Waals surface area (Å²) in [5.74, 6) is 0.774. The summed E-state index contributed by atoms with van der Waals surface area (Å²) in [6.07, 6.45) is 7.26. The number of carbonyl (C=O) groups is 1. The molecule has 0 unspecified atom stereocenters. The summed E-state index contributed by atoms with van der Waals surface area (Å²) in [5.41, 5.74) is 4.71. The first-order valence-corrected chi connectivity index (χ1v) is 9.05. The predicted molar refractivity (Wildman–Crippen MR) is 95.7 cm³/mol. The van der Waals surface area contributed by atoms with Crippen molar-refractivity contribution in [3.63, 3.8) is 0 Å². The average Bonchev–Trinajstić information content (AvgIpc) is 3.33. The highest BCUT2D eigenvalue weighted by Crippen LogP contribution is 2.34. The van der Waals surface area contributed by atoms with Gasteiger partial charge in [-0.2, -0.15) is 5.10 Å². The minimum atomic E-state index is 0.172. The molecule has 5 heteroatoms. The van der Waals surface area contributed by atoms with Crippen LogP contribution in [0.3, 0.4) is 0 Å². The molecule has 0 bridgehead atoms. The molecule has 2 heterocycles. The molecular formula is C20H25N3O2. The molecule has 1 amide bonds. The molecule has 1 aromatic carbocycles. The number of methoxy groups -OCH3 is 1. The van der Waals surface area contributed by atoms with Crippen molar-refractivity contribution >= 4 is 5.91 Å². The molecule has 1 aliphatic heterocycles. The van der Waals surface area contributed by atoms with E-state index in [-0.39, 0.29) is 11.8 Å². The minimum absolute atomic E-state index is 0.172. The predicted octanol–water partition coefficient (Wildman–Crippen LogP) is 2.41. The quantitative estimate of drug-likeness (QED) is 0.859. The highest BCUT2D eigenvalue weighted by atomic mass is 16.5. The summed E-state index contributed by atoms with van der Waals surface area (Å²) in [7, 11) is 3.66. The smallest absolute Gasteiger partial charge is 0.254 e. The Morgan fingerprint density at radius 2 is 2.20 bits per heavy atom. The summed E-state index contributed by atoms with van der Waals surface area (Å²) in [5, 5.41) is 4.30. The van der Waals surface area contributed by atoms with Gasteiger partial charge in [0.05, 0.1) is 12.8 Å². The Labute approximate surface area is 148 Å². The van der Waals surface area contributed by atoms with Crippen LogP contribution < -0.4 is 0 Å². The van der Waals surface area contributed by atoms with Gasteiger partial charge in [0.2, 0.25) is 0 Å². The van der Waals surface area contributed by atoms with Gasteiger partial charge in [0.1, 0.15) is 0 Å². The van der Waals surface area contributed by atoms with Gasteiger partial charge >= 0.3 is 0 Å². The first-order chi connectivity index (χ1) is 12.2. The van der Waals surface area contributed by atoms with Crippen molar-refractivity contribution in [3.05, 3.63) is 52.8 Å². The molecule has 2 atom stereocenters. The number of ether oxygens (including phenoxy) is 1. The van der Waals surface area contributed by atoms with E-state index in [1.165, 1.54) is 16.7 Å². The molecule has 0 spiro atoms. The second kappa shape index (κ2) is 6.64. The van der Waals surface area contributed by atoms with Crippen LogP contribution in [-0.2, 0) is 24.6 Å². The minimum Gasteiger partial charge on any atom is -0.384 e. The largest absolute Gasteiger partial charge is 0.384 e. The molecule has 132 valence electrons. The number of carbonyl (C=O) groups excluding carboxylic acids is 1. The van der Waals surface area contributed by atoms with Crippen LogP contribution in [0, 0.1) is 5.92 Å². The number of nitrogens with zero attached hydrogens (tertiary/aromatic N) is 3. The summed E-state index contributed by atoms with van der Waals surface area (Å²) >= 11 is 0. The second-order valence-electron chi connectivity index (χ2n) is 7.28. The number of aromatic nitrogens is 2. The third-order valence-electron chi connectivity index (χ3n) is 5.64. The van der Waals surface area contributed by atoms with Crippen molar-refractivity contribution in [1.29, 1.82) is 0 Å². The highest BCUT2D eigenvalue weighted by Gasteiger charge is 2.37. The van der Waals surface area contributed by atoms with Crippen LogP contribution in [0.15, 0.2) is 30.6 Å². The van der Waals surface area contributed by atoms with Crippen molar-refractivity contribution < 1.29 is 9.53 Å². The van der Waals surface area contributed by atoms with Gasteiger partial charge in [-0.05, 0) is 42.0 Å². The van der Waals surface area contributed by atoms with Crippen LogP contribution in [-0.4, -0.2) is 47.4 Å². The SMILES string of the molecule is COC[C@@H]1CN(C(=O)c2cccc3c2CCC3)C[C@H]1c1cnn(C)c1. The number of rotatable bonds is 4. The zero-order chi connectivity index (χ0) is 17.4. The van der Waals surface area contributed by atoms with Crippen LogP contribution in [0.25, 0.3) is 0 Å². The summed E-state index contributed by atoms with van der Waals surface area (Å²) < 4.78 is 7.25. The molecule has 1 saturated heterocycles. The number of aryl methyl sites for hydroxylation is 2. The number of fused-ring (bicyclic) bond motifs is 1. The number of benzene rings is 1. The Bertz CT molecular complexity index is 783. The first kappa shape index (κ1) is 16.3. The van der Waals surface area contributed by atoms with Crippen molar-refractivity contribution in [1.82, 2.24) is 14.7 Å². The van der Waals surface area contributed by atoms with Crippen molar-refractivity contribution in [3.8, 4) is 0 Å². The van der Waals surface area contributed by atoms with Gasteiger partial charge in [-0.25, -0.2) is 0 Å². The Kier molecular flexibility index (Phi) is 4.34. The molecular weight excluding hydrogens is 314 g/mol.